The highest BCUT2D eigenvalue weighted by Crippen LogP contribution is 2.34. The summed E-state index contributed by atoms with van der Waals surface area (Å²) < 4.78 is 5.36. The fraction of sp³-hybridized carbons (Fsp3) is 0.250. The number of morpholine rings is 1. The van der Waals surface area contributed by atoms with Crippen LogP contribution in [0.2, 0.25) is 5.02 Å². The fourth-order valence-electron chi connectivity index (χ4n) is 3.37. The van der Waals surface area contributed by atoms with Crippen molar-refractivity contribution in [2.75, 3.05) is 38.2 Å². The number of hydrogen-bond donors (Lipinski definition) is 2. The minimum Gasteiger partial charge on any atom is -0.379 e. The molecule has 0 bridgehead atoms. The van der Waals surface area contributed by atoms with Crippen molar-refractivity contribution in [2.45, 2.75) is 10.4 Å². The summed E-state index contributed by atoms with van der Waals surface area (Å²) in [5.41, 5.74) is 1.88. The van der Waals surface area contributed by atoms with Gasteiger partial charge in [-0.3, -0.25) is 19.5 Å². The van der Waals surface area contributed by atoms with Crippen LogP contribution in [0.3, 0.4) is 0 Å². The summed E-state index contributed by atoms with van der Waals surface area (Å²) in [6, 6.07) is 14.0. The Labute approximate surface area is 207 Å². The Morgan fingerprint density at radius 1 is 1.06 bits per heavy atom. The van der Waals surface area contributed by atoms with Crippen LogP contribution in [-0.4, -0.2) is 59.5 Å². The fourth-order valence-corrected chi connectivity index (χ4v) is 4.62. The molecule has 1 fully saturated rings. The van der Waals surface area contributed by atoms with E-state index in [9.17, 15) is 9.59 Å². The van der Waals surface area contributed by atoms with Gasteiger partial charge >= 0.3 is 0 Å². The Kier molecular flexibility index (Phi) is 8.48. The number of carbonyl (C=O) groups is 2. The average Bonchev–Trinajstić information content (AvgIpc) is 2.86. The van der Waals surface area contributed by atoms with E-state index in [1.807, 2.05) is 12.1 Å². The van der Waals surface area contributed by atoms with Crippen LogP contribution in [-0.2, 0) is 9.53 Å². The number of hydrogen-bond acceptors (Lipinski definition) is 7. The van der Waals surface area contributed by atoms with Crippen LogP contribution in [0.4, 0.5) is 5.69 Å². The van der Waals surface area contributed by atoms with E-state index in [1.54, 1.807) is 55.0 Å². The number of nitrogens with one attached hydrogen (secondary N) is 2. The molecule has 1 aromatic carbocycles. The predicted molar refractivity (Wildman–Crippen MR) is 132 cm³/mol. The van der Waals surface area contributed by atoms with Crippen LogP contribution < -0.4 is 10.6 Å². The van der Waals surface area contributed by atoms with Gasteiger partial charge in [0.05, 0.1) is 25.3 Å². The average molecular weight is 498 g/mol. The second-order valence-corrected chi connectivity index (χ2v) is 9.08. The van der Waals surface area contributed by atoms with Crippen LogP contribution in [0.1, 0.15) is 21.3 Å². The lowest BCUT2D eigenvalue weighted by atomic mass is 10.2. The van der Waals surface area contributed by atoms with Gasteiger partial charge in [-0.25, -0.2) is 4.98 Å². The molecule has 2 amide bonds. The Bertz CT molecular complexity index is 1110. The van der Waals surface area contributed by atoms with Gasteiger partial charge in [0.15, 0.2) is 0 Å². The lowest BCUT2D eigenvalue weighted by Gasteiger charge is -2.27. The number of benzene rings is 1. The molecule has 1 aliphatic rings. The van der Waals surface area contributed by atoms with Gasteiger partial charge in [-0.15, -0.1) is 0 Å². The highest BCUT2D eigenvalue weighted by molar-refractivity contribution is 7.99. The van der Waals surface area contributed by atoms with Gasteiger partial charge in [-0.1, -0.05) is 23.4 Å². The third-order valence-corrected chi connectivity index (χ3v) is 6.55. The van der Waals surface area contributed by atoms with Crippen molar-refractivity contribution in [2.24, 2.45) is 0 Å². The summed E-state index contributed by atoms with van der Waals surface area (Å²) in [4.78, 5) is 36.4. The summed E-state index contributed by atoms with van der Waals surface area (Å²) in [5.74, 6) is -0.412. The molecule has 2 aromatic heterocycles. The molecular weight excluding hydrogens is 474 g/mol. The number of carbonyl (C=O) groups excluding carboxylic acids is 2. The van der Waals surface area contributed by atoms with E-state index in [0.29, 0.717) is 34.5 Å². The molecular formula is C24H24ClN5O3S. The second-order valence-electron chi connectivity index (χ2n) is 7.55. The summed E-state index contributed by atoms with van der Waals surface area (Å²) in [6.07, 6.45) is 4.97. The maximum atomic E-state index is 13.0. The van der Waals surface area contributed by atoms with E-state index in [-0.39, 0.29) is 18.4 Å². The van der Waals surface area contributed by atoms with Gasteiger partial charge in [-0.05, 0) is 54.1 Å². The van der Waals surface area contributed by atoms with Crippen molar-refractivity contribution in [1.82, 2.24) is 20.2 Å². The largest absolute Gasteiger partial charge is 0.379 e. The number of ether oxygens (including phenoxy) is 1. The number of nitrogens with zero attached hydrogens (tertiary/aromatic N) is 3. The second kappa shape index (κ2) is 11.9. The van der Waals surface area contributed by atoms with Crippen LogP contribution in [0, 0.1) is 0 Å². The van der Waals surface area contributed by atoms with E-state index in [0.717, 1.165) is 18.7 Å². The molecule has 10 heteroatoms. The predicted octanol–water partition coefficient (Wildman–Crippen LogP) is 3.62. The zero-order valence-electron chi connectivity index (χ0n) is 18.3. The van der Waals surface area contributed by atoms with Crippen molar-refractivity contribution >= 4 is 40.9 Å². The minimum absolute atomic E-state index is 0.112. The summed E-state index contributed by atoms with van der Waals surface area (Å²) in [6.45, 7) is 2.95. The molecule has 34 heavy (non-hydrogen) atoms. The lowest BCUT2D eigenvalue weighted by molar-refractivity contribution is -0.123. The number of rotatable bonds is 8. The molecule has 1 atom stereocenters. The molecule has 176 valence electrons. The molecule has 0 saturated carbocycles. The standard InChI is InChI=1S/C24H24ClN5O3S/c25-18-3-5-19(6-4-18)28-22(32)20-2-1-9-27-24(20)34-23(17-7-10-26-11-8-17)29-21(31)16-30-12-14-33-15-13-30/h1-11,23H,12-16H2,(H,28,32)(H,29,31). The third kappa shape index (κ3) is 6.77. The zero-order valence-corrected chi connectivity index (χ0v) is 19.9. The number of thioether (sulfide) groups is 1. The first-order valence-corrected chi connectivity index (χ1v) is 12.0. The van der Waals surface area contributed by atoms with Crippen LogP contribution in [0.5, 0.6) is 0 Å². The maximum absolute atomic E-state index is 13.0. The maximum Gasteiger partial charge on any atom is 0.258 e. The molecule has 1 unspecified atom stereocenters. The monoisotopic (exact) mass is 497 g/mol. The number of pyridine rings is 2. The van der Waals surface area contributed by atoms with Crippen molar-refractivity contribution < 1.29 is 14.3 Å². The molecule has 1 aliphatic heterocycles. The van der Waals surface area contributed by atoms with Crippen LogP contribution in [0.25, 0.3) is 0 Å². The van der Waals surface area contributed by atoms with Gasteiger partial charge in [0, 0.05) is 42.4 Å². The van der Waals surface area contributed by atoms with Crippen molar-refractivity contribution in [1.29, 1.82) is 0 Å². The van der Waals surface area contributed by atoms with Crippen molar-refractivity contribution in [3.8, 4) is 0 Å². The number of aromatic nitrogens is 2. The summed E-state index contributed by atoms with van der Waals surface area (Å²) >= 11 is 7.24. The number of anilines is 1. The van der Waals surface area contributed by atoms with Crippen LogP contribution in [0.15, 0.2) is 72.1 Å². The number of halogens is 1. The van der Waals surface area contributed by atoms with Crippen LogP contribution >= 0.6 is 23.4 Å². The molecule has 0 aliphatic carbocycles. The van der Waals surface area contributed by atoms with Gasteiger partial charge in [0.1, 0.15) is 10.4 Å². The summed E-state index contributed by atoms with van der Waals surface area (Å²) in [7, 11) is 0. The third-order valence-electron chi connectivity index (χ3n) is 5.12. The smallest absolute Gasteiger partial charge is 0.258 e. The molecule has 3 aromatic rings. The summed E-state index contributed by atoms with van der Waals surface area (Å²) in [5, 5.41) is 6.58. The molecule has 2 N–H and O–H groups in total. The molecule has 3 heterocycles. The Morgan fingerprint density at radius 2 is 1.79 bits per heavy atom. The SMILES string of the molecule is O=C(CN1CCOCC1)NC(Sc1ncccc1C(=O)Nc1ccc(Cl)cc1)c1ccncc1. The molecule has 0 spiro atoms. The molecule has 0 radical (unpaired) electrons. The van der Waals surface area contributed by atoms with Gasteiger partial charge in [0.25, 0.3) is 5.91 Å². The Hall–Kier alpha value is -2.98. The van der Waals surface area contributed by atoms with E-state index in [4.69, 9.17) is 16.3 Å². The van der Waals surface area contributed by atoms with E-state index in [1.165, 1.54) is 11.8 Å². The number of amides is 2. The molecule has 1 saturated heterocycles. The lowest BCUT2D eigenvalue weighted by Crippen LogP contribution is -2.43. The Morgan fingerprint density at radius 3 is 2.53 bits per heavy atom. The van der Waals surface area contributed by atoms with E-state index in [2.05, 4.69) is 25.5 Å². The first-order valence-electron chi connectivity index (χ1n) is 10.8. The van der Waals surface area contributed by atoms with Gasteiger partial charge in [-0.2, -0.15) is 0 Å². The highest BCUT2D eigenvalue weighted by Gasteiger charge is 2.22. The first kappa shape index (κ1) is 24.2. The Balaban J connectivity index is 1.51. The van der Waals surface area contributed by atoms with E-state index >= 15 is 0 Å². The van der Waals surface area contributed by atoms with Crippen molar-refractivity contribution in [3.63, 3.8) is 0 Å². The molecule has 8 nitrogen and oxygen atoms in total. The zero-order chi connectivity index (χ0) is 23.8. The van der Waals surface area contributed by atoms with Gasteiger partial charge in [0.2, 0.25) is 5.91 Å². The minimum atomic E-state index is -0.450. The quantitative estimate of drug-likeness (QED) is 0.362. The highest BCUT2D eigenvalue weighted by atomic mass is 35.5. The normalized spacial score (nSPS) is 14.9. The van der Waals surface area contributed by atoms with Gasteiger partial charge < -0.3 is 15.4 Å². The first-order chi connectivity index (χ1) is 16.6. The van der Waals surface area contributed by atoms with E-state index < -0.39 is 5.37 Å². The van der Waals surface area contributed by atoms with Crippen molar-refractivity contribution in [3.05, 3.63) is 83.3 Å². The topological polar surface area (TPSA) is 96.5 Å². The molecule has 4 rings (SSSR count).